The Morgan fingerprint density at radius 3 is 2.35 bits per heavy atom. The molecular weight excluding hydrogens is 210 g/mol. The van der Waals surface area contributed by atoms with Gasteiger partial charge >= 0.3 is 0 Å². The summed E-state index contributed by atoms with van der Waals surface area (Å²) in [5.74, 6) is 0. The third kappa shape index (κ3) is 7.77. The summed E-state index contributed by atoms with van der Waals surface area (Å²) in [6, 6.07) is 0. The van der Waals surface area contributed by atoms with Crippen LogP contribution in [0.25, 0.3) is 0 Å². The van der Waals surface area contributed by atoms with Crippen molar-refractivity contribution in [1.82, 2.24) is 4.90 Å². The highest BCUT2D eigenvalue weighted by Gasteiger charge is 2.22. The van der Waals surface area contributed by atoms with Gasteiger partial charge in [-0.3, -0.25) is 0 Å². The van der Waals surface area contributed by atoms with Gasteiger partial charge in [-0.2, -0.15) is 0 Å². The molecule has 1 rings (SSSR count). The lowest BCUT2D eigenvalue weighted by Crippen LogP contribution is -2.25. The van der Waals surface area contributed by atoms with Crippen molar-refractivity contribution in [3.63, 3.8) is 0 Å². The molecule has 0 aromatic rings. The Morgan fingerprint density at radius 1 is 1.18 bits per heavy atom. The van der Waals surface area contributed by atoms with Crippen molar-refractivity contribution in [1.29, 1.82) is 0 Å². The highest BCUT2D eigenvalue weighted by Crippen LogP contribution is 2.18. The lowest BCUT2D eigenvalue weighted by Gasteiger charge is -2.21. The van der Waals surface area contributed by atoms with Crippen LogP contribution in [0.3, 0.4) is 0 Å². The monoisotopic (exact) mass is 243 g/mol. The number of hydrogen-bond acceptors (Lipinski definition) is 2. The zero-order valence-electron chi connectivity index (χ0n) is 12.7. The van der Waals surface area contributed by atoms with E-state index in [1.807, 2.05) is 13.8 Å². The fourth-order valence-corrected chi connectivity index (χ4v) is 2.31. The summed E-state index contributed by atoms with van der Waals surface area (Å²) in [6.45, 7) is 10.8. The number of likely N-dealkylation sites (tertiary alicyclic amines) is 1. The smallest absolute Gasteiger partial charge is 0.0717 e. The largest absolute Gasteiger partial charge is 0.374 e. The van der Waals surface area contributed by atoms with Gasteiger partial charge in [0.05, 0.1) is 12.2 Å². The second-order valence-electron chi connectivity index (χ2n) is 4.86. The quantitative estimate of drug-likeness (QED) is 0.667. The van der Waals surface area contributed by atoms with Gasteiger partial charge in [0.15, 0.2) is 0 Å². The first-order chi connectivity index (χ1) is 8.26. The molecule has 0 aromatic heterocycles. The predicted molar refractivity (Wildman–Crippen MR) is 76.6 cm³/mol. The average Bonchev–Trinajstić information content (AvgIpc) is 2.75. The van der Waals surface area contributed by atoms with E-state index in [-0.39, 0.29) is 0 Å². The van der Waals surface area contributed by atoms with Gasteiger partial charge in [-0.15, -0.1) is 0 Å². The summed E-state index contributed by atoms with van der Waals surface area (Å²) < 4.78 is 6.18. The SMILES string of the molecule is CC.CCCCC(CCC)OC1CCN(C)C1. The summed E-state index contributed by atoms with van der Waals surface area (Å²) in [5, 5.41) is 0. The third-order valence-electron chi connectivity index (χ3n) is 3.22. The van der Waals surface area contributed by atoms with Crippen LogP contribution in [0.4, 0.5) is 0 Å². The summed E-state index contributed by atoms with van der Waals surface area (Å²) in [7, 11) is 2.18. The van der Waals surface area contributed by atoms with Gasteiger partial charge in [-0.1, -0.05) is 47.0 Å². The van der Waals surface area contributed by atoms with Crippen molar-refractivity contribution in [2.75, 3.05) is 20.1 Å². The molecule has 0 bridgehead atoms. The molecule has 2 atom stereocenters. The van der Waals surface area contributed by atoms with Crippen LogP contribution in [0.1, 0.15) is 66.2 Å². The zero-order valence-corrected chi connectivity index (χ0v) is 12.7. The van der Waals surface area contributed by atoms with Gasteiger partial charge in [-0.25, -0.2) is 0 Å². The van der Waals surface area contributed by atoms with Crippen LogP contribution >= 0.6 is 0 Å². The molecule has 1 aliphatic rings. The first-order valence-corrected chi connectivity index (χ1v) is 7.60. The number of rotatable bonds is 7. The standard InChI is InChI=1S/C13H27NO.C2H6/c1-4-6-8-12(7-5-2)15-13-9-10-14(3)11-13;1-2/h12-13H,4-11H2,1-3H3;1-2H3. The number of nitrogens with zero attached hydrogens (tertiary/aromatic N) is 1. The second-order valence-corrected chi connectivity index (χ2v) is 4.86. The zero-order chi connectivity index (χ0) is 13.1. The van der Waals surface area contributed by atoms with Gasteiger partial charge in [-0.05, 0) is 26.3 Å². The molecule has 2 heteroatoms. The minimum atomic E-state index is 0.503. The highest BCUT2D eigenvalue weighted by atomic mass is 16.5. The minimum absolute atomic E-state index is 0.503. The summed E-state index contributed by atoms with van der Waals surface area (Å²) >= 11 is 0. The van der Waals surface area contributed by atoms with Gasteiger partial charge in [0, 0.05) is 13.1 Å². The predicted octanol–water partition coefficient (Wildman–Crippen LogP) is 4.09. The van der Waals surface area contributed by atoms with Crippen molar-refractivity contribution in [3.05, 3.63) is 0 Å². The molecule has 1 fully saturated rings. The molecule has 17 heavy (non-hydrogen) atoms. The van der Waals surface area contributed by atoms with E-state index in [1.54, 1.807) is 0 Å². The van der Waals surface area contributed by atoms with Crippen LogP contribution in [0, 0.1) is 0 Å². The second kappa shape index (κ2) is 11.0. The van der Waals surface area contributed by atoms with E-state index in [0.29, 0.717) is 12.2 Å². The van der Waals surface area contributed by atoms with E-state index < -0.39 is 0 Å². The maximum Gasteiger partial charge on any atom is 0.0717 e. The Morgan fingerprint density at radius 2 is 1.88 bits per heavy atom. The van der Waals surface area contributed by atoms with E-state index in [1.165, 1.54) is 45.1 Å². The normalized spacial score (nSPS) is 22.1. The van der Waals surface area contributed by atoms with Crippen LogP contribution in [0.5, 0.6) is 0 Å². The molecule has 0 aromatic carbocycles. The first kappa shape index (κ1) is 16.9. The number of hydrogen-bond donors (Lipinski definition) is 0. The van der Waals surface area contributed by atoms with Crippen LogP contribution in [0.2, 0.25) is 0 Å². The van der Waals surface area contributed by atoms with Crippen LogP contribution < -0.4 is 0 Å². The maximum atomic E-state index is 6.18. The van der Waals surface area contributed by atoms with Crippen LogP contribution in [-0.2, 0) is 4.74 Å². The minimum Gasteiger partial charge on any atom is -0.374 e. The van der Waals surface area contributed by atoms with Crippen molar-refractivity contribution in [2.24, 2.45) is 0 Å². The van der Waals surface area contributed by atoms with E-state index in [0.717, 1.165) is 6.54 Å². The summed E-state index contributed by atoms with van der Waals surface area (Å²) in [6.07, 6.45) is 8.58. The highest BCUT2D eigenvalue weighted by molar-refractivity contribution is 4.75. The van der Waals surface area contributed by atoms with Crippen LogP contribution in [0.15, 0.2) is 0 Å². The molecule has 0 radical (unpaired) electrons. The maximum absolute atomic E-state index is 6.18. The van der Waals surface area contributed by atoms with Crippen LogP contribution in [-0.4, -0.2) is 37.2 Å². The van der Waals surface area contributed by atoms with Gasteiger partial charge < -0.3 is 9.64 Å². The number of ether oxygens (including phenoxy) is 1. The van der Waals surface area contributed by atoms with Crippen molar-refractivity contribution in [2.45, 2.75) is 78.4 Å². The molecule has 0 aliphatic carbocycles. The van der Waals surface area contributed by atoms with Crippen molar-refractivity contribution < 1.29 is 4.74 Å². The molecule has 0 amide bonds. The molecule has 1 aliphatic heterocycles. The van der Waals surface area contributed by atoms with Crippen molar-refractivity contribution in [3.8, 4) is 0 Å². The lowest BCUT2D eigenvalue weighted by molar-refractivity contribution is -0.0150. The summed E-state index contributed by atoms with van der Waals surface area (Å²) in [4.78, 5) is 2.37. The number of likely N-dealkylation sites (N-methyl/N-ethyl adjacent to an activating group) is 1. The van der Waals surface area contributed by atoms with E-state index in [4.69, 9.17) is 4.74 Å². The molecule has 0 spiro atoms. The third-order valence-corrected chi connectivity index (χ3v) is 3.22. The molecule has 2 unspecified atom stereocenters. The molecule has 2 nitrogen and oxygen atoms in total. The fourth-order valence-electron chi connectivity index (χ4n) is 2.31. The van der Waals surface area contributed by atoms with Crippen molar-refractivity contribution >= 4 is 0 Å². The first-order valence-electron chi connectivity index (χ1n) is 7.60. The van der Waals surface area contributed by atoms with E-state index >= 15 is 0 Å². The topological polar surface area (TPSA) is 12.5 Å². The van der Waals surface area contributed by atoms with E-state index in [9.17, 15) is 0 Å². The molecule has 1 saturated heterocycles. The lowest BCUT2D eigenvalue weighted by atomic mass is 10.1. The molecular formula is C15H33NO. The Balaban J connectivity index is 0.00000121. The van der Waals surface area contributed by atoms with Gasteiger partial charge in [0.1, 0.15) is 0 Å². The Bertz CT molecular complexity index is 161. The molecule has 0 N–H and O–H groups in total. The Hall–Kier alpha value is -0.0800. The summed E-state index contributed by atoms with van der Waals surface area (Å²) in [5.41, 5.74) is 0. The number of unbranched alkanes of at least 4 members (excludes halogenated alkanes) is 1. The van der Waals surface area contributed by atoms with E-state index in [2.05, 4.69) is 25.8 Å². The fraction of sp³-hybridized carbons (Fsp3) is 1.00. The molecule has 104 valence electrons. The molecule has 0 saturated carbocycles. The Labute approximate surface area is 109 Å². The Kier molecular flexibility index (Phi) is 11.0. The average molecular weight is 243 g/mol. The van der Waals surface area contributed by atoms with Gasteiger partial charge in [0.25, 0.3) is 0 Å². The molecule has 1 heterocycles. The van der Waals surface area contributed by atoms with Gasteiger partial charge in [0.2, 0.25) is 0 Å².